The predicted molar refractivity (Wildman–Crippen MR) is 51.3 cm³/mol. The highest BCUT2D eigenvalue weighted by Crippen LogP contribution is 1.76. The van der Waals surface area contributed by atoms with Gasteiger partial charge in [0.05, 0.1) is 6.20 Å². The van der Waals surface area contributed by atoms with Crippen molar-refractivity contribution in [1.82, 2.24) is 10.2 Å². The van der Waals surface area contributed by atoms with E-state index in [0.29, 0.717) is 0 Å². The summed E-state index contributed by atoms with van der Waals surface area (Å²) in [5, 5.41) is 6.17. The molecule has 0 aliphatic rings. The first-order chi connectivity index (χ1) is 3.79. The minimum Gasteiger partial charge on any atom is -0.412 e. The molecule has 90 valence electrons. The average molecular weight is 218 g/mol. The monoisotopic (exact) mass is 218 g/mol. The molecule has 0 atom stereocenters. The van der Waals surface area contributed by atoms with Crippen molar-refractivity contribution in [3.05, 3.63) is 28.2 Å². The van der Waals surface area contributed by atoms with Crippen LogP contribution >= 0.6 is 0 Å². The zero-order chi connectivity index (χ0) is 5.98. The Kier molecular flexibility index (Phi) is 49.0. The van der Waals surface area contributed by atoms with Gasteiger partial charge in [0.25, 0.3) is 0 Å². The van der Waals surface area contributed by atoms with E-state index >= 15 is 0 Å². The lowest BCUT2D eigenvalue weighted by Crippen LogP contribution is -2.00. The van der Waals surface area contributed by atoms with Crippen LogP contribution in [0.3, 0.4) is 0 Å². The third kappa shape index (κ3) is 13.2. The highest BCUT2D eigenvalue weighted by atomic mass is 16.1. The van der Waals surface area contributed by atoms with Gasteiger partial charge < -0.3 is 32.9 Å². The maximum Gasteiger partial charge on any atom is 0.200 e. The molecule has 1 heterocycles. The molecule has 0 aromatic carbocycles. The number of H-pyrrole nitrogens is 1. The van der Waals surface area contributed by atoms with Crippen molar-refractivity contribution in [3.8, 4) is 0 Å². The van der Waals surface area contributed by atoms with Crippen LogP contribution in [0.5, 0.6) is 0 Å². The van der Waals surface area contributed by atoms with Gasteiger partial charge in [-0.05, 0) is 6.92 Å². The fourth-order valence-corrected chi connectivity index (χ4v) is 0.481. The van der Waals surface area contributed by atoms with Crippen molar-refractivity contribution in [2.45, 2.75) is 6.92 Å². The smallest absolute Gasteiger partial charge is 0.200 e. The lowest BCUT2D eigenvalue weighted by molar-refractivity contribution is 0.823. The number of hydrogen-bond donors (Lipinski definition) is 1. The Morgan fingerprint density at radius 1 is 1.07 bits per heavy atom. The van der Waals surface area contributed by atoms with Gasteiger partial charge in [-0.15, -0.1) is 0 Å². The van der Waals surface area contributed by atoms with Crippen LogP contribution < -0.4 is 5.43 Å². The fraction of sp³-hybridized carbons (Fsp3) is 0.200. The zero-order valence-electron chi connectivity index (χ0n) is 7.51. The van der Waals surface area contributed by atoms with Crippen molar-refractivity contribution >= 4 is 0 Å². The third-order valence-corrected chi connectivity index (χ3v) is 0.791. The number of aromatic nitrogens is 2. The summed E-state index contributed by atoms with van der Waals surface area (Å²) in [4.78, 5) is 10.4. The summed E-state index contributed by atoms with van der Waals surface area (Å²) in [5.74, 6) is 0. The van der Waals surface area contributed by atoms with Crippen molar-refractivity contribution in [3.63, 3.8) is 0 Å². The van der Waals surface area contributed by atoms with Gasteiger partial charge in [0.15, 0.2) is 5.43 Å². The molecule has 13 N–H and O–H groups in total. The second kappa shape index (κ2) is 17.7. The molecule has 0 amide bonds. The Balaban J connectivity index is -0.0000000267. The molecule has 9 heteroatoms. The number of nitrogens with zero attached hydrogens (tertiary/aromatic N) is 1. The quantitative estimate of drug-likeness (QED) is 0.450. The molecule has 9 nitrogen and oxygen atoms in total. The van der Waals surface area contributed by atoms with Crippen molar-refractivity contribution in [2.24, 2.45) is 0 Å². The van der Waals surface area contributed by atoms with Crippen LogP contribution in [-0.2, 0) is 0 Å². The molecule has 0 radical (unpaired) electrons. The van der Waals surface area contributed by atoms with Crippen LogP contribution in [0.1, 0.15) is 5.69 Å². The summed E-state index contributed by atoms with van der Waals surface area (Å²) >= 11 is 0. The minimum atomic E-state index is -0.0544. The topological polar surface area (TPSA) is 235 Å². The average Bonchev–Trinajstić information content (AvgIpc) is 1.64. The maximum atomic E-state index is 10.4. The summed E-state index contributed by atoms with van der Waals surface area (Å²) in [6.07, 6.45) is 1.24. The molecule has 1 aromatic heterocycles. The SMILES string of the molecule is Cc1cc(=O)cn[nH]1.O.O.O.O.O.O. The molecule has 1 rings (SSSR count). The minimum absolute atomic E-state index is 0. The third-order valence-electron chi connectivity index (χ3n) is 0.791. The molecular weight excluding hydrogens is 200 g/mol. The van der Waals surface area contributed by atoms with Crippen LogP contribution in [-0.4, -0.2) is 43.1 Å². The van der Waals surface area contributed by atoms with E-state index in [9.17, 15) is 4.79 Å². The number of nitrogens with one attached hydrogen (secondary N) is 1. The van der Waals surface area contributed by atoms with Gasteiger partial charge in [-0.2, -0.15) is 5.10 Å². The number of aryl methyl sites for hydroxylation is 1. The molecule has 0 aliphatic carbocycles. The molecule has 14 heavy (non-hydrogen) atoms. The van der Waals surface area contributed by atoms with Gasteiger partial charge in [0.1, 0.15) is 0 Å². The summed E-state index contributed by atoms with van der Waals surface area (Å²) in [6, 6.07) is 1.49. The Bertz CT molecular complexity index is 238. The largest absolute Gasteiger partial charge is 0.412 e. The van der Waals surface area contributed by atoms with Gasteiger partial charge in [-0.3, -0.25) is 9.89 Å². The van der Waals surface area contributed by atoms with Crippen molar-refractivity contribution < 1.29 is 32.9 Å². The van der Waals surface area contributed by atoms with E-state index in [1.807, 2.05) is 0 Å². The van der Waals surface area contributed by atoms with E-state index in [2.05, 4.69) is 10.2 Å². The highest BCUT2D eigenvalue weighted by Gasteiger charge is 1.81. The van der Waals surface area contributed by atoms with Gasteiger partial charge in [0, 0.05) is 11.8 Å². The molecule has 0 aliphatic heterocycles. The summed E-state index contributed by atoms with van der Waals surface area (Å²) < 4.78 is 0. The van der Waals surface area contributed by atoms with Crippen LogP contribution in [0, 0.1) is 6.92 Å². The Morgan fingerprint density at radius 2 is 1.50 bits per heavy atom. The van der Waals surface area contributed by atoms with Crippen molar-refractivity contribution in [1.29, 1.82) is 0 Å². The summed E-state index contributed by atoms with van der Waals surface area (Å²) in [6.45, 7) is 1.79. The van der Waals surface area contributed by atoms with Crippen molar-refractivity contribution in [2.75, 3.05) is 0 Å². The summed E-state index contributed by atoms with van der Waals surface area (Å²) in [7, 11) is 0. The molecule has 0 saturated carbocycles. The zero-order valence-corrected chi connectivity index (χ0v) is 7.51. The molecule has 0 spiro atoms. The molecule has 0 bridgehead atoms. The molecule has 0 unspecified atom stereocenters. The molecule has 0 saturated heterocycles. The lowest BCUT2D eigenvalue weighted by Gasteiger charge is -1.84. The van der Waals surface area contributed by atoms with Gasteiger partial charge in [-0.25, -0.2) is 0 Å². The predicted octanol–water partition coefficient (Wildman–Crippen LogP) is -4.87. The maximum absolute atomic E-state index is 10.4. The van der Waals surface area contributed by atoms with Crippen LogP contribution in [0.15, 0.2) is 17.1 Å². The number of aromatic amines is 1. The van der Waals surface area contributed by atoms with Gasteiger partial charge in [0.2, 0.25) is 0 Å². The molecule has 0 fully saturated rings. The highest BCUT2D eigenvalue weighted by molar-refractivity contribution is 4.95. The van der Waals surface area contributed by atoms with E-state index in [1.165, 1.54) is 12.3 Å². The first-order valence-corrected chi connectivity index (χ1v) is 2.30. The summed E-state index contributed by atoms with van der Waals surface area (Å²) in [5.41, 5.74) is 0.735. The van der Waals surface area contributed by atoms with E-state index < -0.39 is 0 Å². The fourth-order valence-electron chi connectivity index (χ4n) is 0.481. The number of hydrogen-bond acceptors (Lipinski definition) is 2. The standard InChI is InChI=1S/C5H6N2O.6H2O/c1-4-2-5(8)3-6-7-4;;;;;;/h2-3H,1H3,(H,7,8);6*1H2. The molecular formula is C5H18N2O7. The second-order valence-corrected chi connectivity index (χ2v) is 1.60. The lowest BCUT2D eigenvalue weighted by atomic mass is 10.4. The Hall–Kier alpha value is -1.36. The van der Waals surface area contributed by atoms with E-state index in [4.69, 9.17) is 0 Å². The van der Waals surface area contributed by atoms with Gasteiger partial charge in [-0.1, -0.05) is 0 Å². The Morgan fingerprint density at radius 3 is 1.71 bits per heavy atom. The number of rotatable bonds is 0. The Labute approximate surface area is 79.3 Å². The van der Waals surface area contributed by atoms with E-state index in [0.717, 1.165) is 5.69 Å². The molecule has 1 aromatic rings. The van der Waals surface area contributed by atoms with Crippen LogP contribution in [0.4, 0.5) is 0 Å². The van der Waals surface area contributed by atoms with E-state index in [-0.39, 0.29) is 38.3 Å². The first-order valence-electron chi connectivity index (χ1n) is 2.30. The van der Waals surface area contributed by atoms with E-state index in [1.54, 1.807) is 6.92 Å². The van der Waals surface area contributed by atoms with Crippen LogP contribution in [0.25, 0.3) is 0 Å². The second-order valence-electron chi connectivity index (χ2n) is 1.60. The van der Waals surface area contributed by atoms with Gasteiger partial charge >= 0.3 is 0 Å². The first kappa shape index (κ1) is 38.8. The normalized spacial score (nSPS) is 5.21. The van der Waals surface area contributed by atoms with Crippen LogP contribution in [0.2, 0.25) is 0 Å².